The van der Waals surface area contributed by atoms with E-state index in [1.165, 1.54) is 27.5 Å². The Balaban J connectivity index is 1.66. The number of rotatable bonds is 5. The number of allylic oxidation sites excluding steroid dienone is 3. The van der Waals surface area contributed by atoms with Crippen LogP contribution < -0.4 is 16.3 Å². The molecule has 0 saturated carbocycles. The Kier molecular flexibility index (Phi) is 3.91. The van der Waals surface area contributed by atoms with Crippen LogP contribution in [0.2, 0.25) is 0 Å². The molecule has 2 aliphatic rings. The molecule has 0 radical (unpaired) electrons. The summed E-state index contributed by atoms with van der Waals surface area (Å²) < 4.78 is 0. The van der Waals surface area contributed by atoms with E-state index < -0.39 is 0 Å². The van der Waals surface area contributed by atoms with Gasteiger partial charge in [0.25, 0.3) is 0 Å². The first-order chi connectivity index (χ1) is 11.8. The second-order valence-electron chi connectivity index (χ2n) is 6.46. The number of benzene rings is 2. The lowest BCUT2D eigenvalue weighted by Gasteiger charge is -2.12. The molecule has 2 aromatic rings. The molecule has 120 valence electrons. The zero-order valence-corrected chi connectivity index (χ0v) is 14.0. The van der Waals surface area contributed by atoms with Crippen molar-refractivity contribution in [3.63, 3.8) is 0 Å². The maximum atomic E-state index is 6.53. The van der Waals surface area contributed by atoms with Gasteiger partial charge in [-0.25, -0.2) is 4.99 Å². The highest BCUT2D eigenvalue weighted by atomic mass is 14.8. The van der Waals surface area contributed by atoms with Crippen molar-refractivity contribution in [2.24, 2.45) is 10.7 Å². The molecule has 1 heterocycles. The molecule has 4 rings (SSSR count). The third-order valence-corrected chi connectivity index (χ3v) is 4.96. The van der Waals surface area contributed by atoms with Crippen molar-refractivity contribution in [1.29, 1.82) is 0 Å². The fourth-order valence-electron chi connectivity index (χ4n) is 3.64. The van der Waals surface area contributed by atoms with E-state index in [-0.39, 0.29) is 6.04 Å². The lowest BCUT2D eigenvalue weighted by molar-refractivity contribution is 0.645. The number of aryl methyl sites for hydroxylation is 1. The molecular weight excluding hydrogens is 292 g/mol. The first-order valence-electron chi connectivity index (χ1n) is 8.71. The van der Waals surface area contributed by atoms with Gasteiger partial charge in [-0.05, 0) is 42.0 Å². The quantitative estimate of drug-likeness (QED) is 0.903. The van der Waals surface area contributed by atoms with Crippen LogP contribution in [0.3, 0.4) is 0 Å². The minimum absolute atomic E-state index is 0.0120. The van der Waals surface area contributed by atoms with Gasteiger partial charge >= 0.3 is 0 Å². The summed E-state index contributed by atoms with van der Waals surface area (Å²) in [5, 5.41) is 2.33. The summed E-state index contributed by atoms with van der Waals surface area (Å²) in [5.41, 5.74) is 12.8. The average molecular weight is 314 g/mol. The third kappa shape index (κ3) is 2.53. The molecule has 0 bridgehead atoms. The summed E-state index contributed by atoms with van der Waals surface area (Å²) >= 11 is 0. The van der Waals surface area contributed by atoms with Crippen LogP contribution in [-0.2, 0) is 6.42 Å². The summed E-state index contributed by atoms with van der Waals surface area (Å²) in [6, 6.07) is 17.0. The summed E-state index contributed by atoms with van der Waals surface area (Å²) in [6.45, 7) is 2.20. The Morgan fingerprint density at radius 2 is 1.83 bits per heavy atom. The summed E-state index contributed by atoms with van der Waals surface area (Å²) in [6.07, 6.45) is 7.28. The largest absolute Gasteiger partial charge is 0.324 e. The van der Waals surface area contributed by atoms with Crippen LogP contribution in [0.4, 0.5) is 0 Å². The van der Waals surface area contributed by atoms with E-state index in [0.717, 1.165) is 30.3 Å². The highest BCUT2D eigenvalue weighted by Gasteiger charge is 2.22. The average Bonchev–Trinajstić information content (AvgIpc) is 3.19. The lowest BCUT2D eigenvalue weighted by Crippen LogP contribution is -2.31. The SMILES string of the molecule is CCC1=CC=C2N=c3c(C(N)CCc4ccccc4)cccc3=C12. The maximum absolute atomic E-state index is 6.53. The van der Waals surface area contributed by atoms with Gasteiger partial charge < -0.3 is 5.73 Å². The summed E-state index contributed by atoms with van der Waals surface area (Å²) in [7, 11) is 0. The Morgan fingerprint density at radius 1 is 1.00 bits per heavy atom. The van der Waals surface area contributed by atoms with Gasteiger partial charge in [0, 0.05) is 16.8 Å². The van der Waals surface area contributed by atoms with E-state index in [2.05, 4.69) is 67.6 Å². The van der Waals surface area contributed by atoms with Gasteiger partial charge in [-0.3, -0.25) is 0 Å². The van der Waals surface area contributed by atoms with Crippen molar-refractivity contribution in [2.45, 2.75) is 32.2 Å². The number of nitrogens with zero attached hydrogens (tertiary/aromatic N) is 1. The van der Waals surface area contributed by atoms with Crippen LogP contribution in [0.25, 0.3) is 5.57 Å². The molecule has 2 nitrogen and oxygen atoms in total. The Bertz CT molecular complexity index is 949. The van der Waals surface area contributed by atoms with Crippen molar-refractivity contribution in [1.82, 2.24) is 0 Å². The molecule has 1 atom stereocenters. The molecule has 0 spiro atoms. The predicted octanol–water partition coefficient (Wildman–Crippen LogP) is 3.34. The van der Waals surface area contributed by atoms with E-state index in [1.54, 1.807) is 0 Å². The molecule has 0 amide bonds. The van der Waals surface area contributed by atoms with Gasteiger partial charge in [0.1, 0.15) is 0 Å². The number of hydrogen-bond donors (Lipinski definition) is 1. The molecule has 1 aliphatic carbocycles. The van der Waals surface area contributed by atoms with Crippen molar-refractivity contribution < 1.29 is 0 Å². The van der Waals surface area contributed by atoms with Crippen LogP contribution >= 0.6 is 0 Å². The van der Waals surface area contributed by atoms with Crippen LogP contribution in [0, 0.1) is 0 Å². The highest BCUT2D eigenvalue weighted by Crippen LogP contribution is 2.31. The number of fused-ring (bicyclic) bond motifs is 2. The fraction of sp³-hybridized carbons (Fsp3) is 0.227. The van der Waals surface area contributed by atoms with Crippen LogP contribution in [0.15, 0.2) is 76.9 Å². The minimum Gasteiger partial charge on any atom is -0.324 e. The van der Waals surface area contributed by atoms with E-state index in [0.29, 0.717) is 0 Å². The first-order valence-corrected chi connectivity index (χ1v) is 8.71. The van der Waals surface area contributed by atoms with E-state index >= 15 is 0 Å². The van der Waals surface area contributed by atoms with Gasteiger partial charge in [-0.1, -0.05) is 61.5 Å². The number of para-hydroxylation sites is 1. The van der Waals surface area contributed by atoms with Gasteiger partial charge in [0.05, 0.1) is 11.1 Å². The van der Waals surface area contributed by atoms with E-state index in [9.17, 15) is 0 Å². The van der Waals surface area contributed by atoms with E-state index in [4.69, 9.17) is 10.7 Å². The van der Waals surface area contributed by atoms with Gasteiger partial charge in [0.2, 0.25) is 0 Å². The standard InChI is InChI=1S/C22H22N2/c1-2-16-12-14-20-21(16)18-10-6-9-17(22(18)24-20)19(23)13-11-15-7-4-3-5-8-15/h3-10,12,14,19H,2,11,13,23H2,1H3. The molecule has 2 heteroatoms. The maximum Gasteiger partial charge on any atom is 0.0764 e. The first kappa shape index (κ1) is 15.1. The fourth-order valence-corrected chi connectivity index (χ4v) is 3.64. The smallest absolute Gasteiger partial charge is 0.0764 e. The molecule has 2 aromatic carbocycles. The number of hydrogen-bond acceptors (Lipinski definition) is 2. The molecule has 2 N–H and O–H groups in total. The highest BCUT2D eigenvalue weighted by molar-refractivity contribution is 5.83. The van der Waals surface area contributed by atoms with Crippen molar-refractivity contribution in [2.75, 3.05) is 0 Å². The molecule has 0 saturated heterocycles. The molecule has 0 aromatic heterocycles. The third-order valence-electron chi connectivity index (χ3n) is 4.96. The van der Waals surface area contributed by atoms with Gasteiger partial charge in [-0.2, -0.15) is 0 Å². The Morgan fingerprint density at radius 3 is 2.62 bits per heavy atom. The van der Waals surface area contributed by atoms with Crippen LogP contribution in [0.5, 0.6) is 0 Å². The second kappa shape index (κ2) is 6.21. The monoisotopic (exact) mass is 314 g/mol. The minimum atomic E-state index is 0.0120. The van der Waals surface area contributed by atoms with Crippen molar-refractivity contribution in [3.05, 3.63) is 93.7 Å². The molecule has 1 unspecified atom stereocenters. The Hall–Kier alpha value is -2.45. The second-order valence-corrected chi connectivity index (χ2v) is 6.46. The van der Waals surface area contributed by atoms with Crippen LogP contribution in [-0.4, -0.2) is 0 Å². The number of nitrogens with two attached hydrogens (primary N) is 1. The molecular formula is C22H22N2. The summed E-state index contributed by atoms with van der Waals surface area (Å²) in [5.74, 6) is 0. The van der Waals surface area contributed by atoms with Crippen molar-refractivity contribution >= 4 is 5.57 Å². The van der Waals surface area contributed by atoms with E-state index in [1.807, 2.05) is 0 Å². The summed E-state index contributed by atoms with van der Waals surface area (Å²) in [4.78, 5) is 4.88. The predicted molar refractivity (Wildman–Crippen MR) is 98.8 cm³/mol. The topological polar surface area (TPSA) is 38.4 Å². The normalized spacial score (nSPS) is 16.2. The zero-order valence-electron chi connectivity index (χ0n) is 14.0. The van der Waals surface area contributed by atoms with Crippen LogP contribution in [0.1, 0.15) is 36.9 Å². The zero-order chi connectivity index (χ0) is 16.5. The molecule has 1 aliphatic heterocycles. The Labute approximate surface area is 142 Å². The molecule has 24 heavy (non-hydrogen) atoms. The van der Waals surface area contributed by atoms with Gasteiger partial charge in [0.15, 0.2) is 0 Å². The molecule has 0 fully saturated rings. The van der Waals surface area contributed by atoms with Gasteiger partial charge in [-0.15, -0.1) is 0 Å². The van der Waals surface area contributed by atoms with Crippen molar-refractivity contribution in [3.8, 4) is 0 Å². The lowest BCUT2D eigenvalue weighted by atomic mass is 9.97.